The van der Waals surface area contributed by atoms with Crippen LogP contribution in [0.2, 0.25) is 0 Å². The number of para-hydroxylation sites is 1. The molecule has 0 spiro atoms. The van der Waals surface area contributed by atoms with Crippen molar-refractivity contribution < 1.29 is 27.6 Å². The molecule has 2 aromatic carbocycles. The summed E-state index contributed by atoms with van der Waals surface area (Å²) in [5.41, 5.74) is 6.20. The number of amides is 3. The third kappa shape index (κ3) is 5.35. The lowest BCUT2D eigenvalue weighted by atomic mass is 10.1. The SMILES string of the molecule is NC(=O)c1cccc2[nH]c(NC(=O)c3ccc(C(=O)N4CCN(c5ncc(C(F)(F)F)cn5)CC4)cc3)nc12. The lowest BCUT2D eigenvalue weighted by molar-refractivity contribution is -0.138. The van der Waals surface area contributed by atoms with Crippen LogP contribution in [0.1, 0.15) is 36.6 Å². The zero-order valence-electron chi connectivity index (χ0n) is 20.2. The molecule has 1 aliphatic heterocycles. The van der Waals surface area contributed by atoms with Gasteiger partial charge in [0.15, 0.2) is 0 Å². The fourth-order valence-corrected chi connectivity index (χ4v) is 4.16. The maximum Gasteiger partial charge on any atom is 0.419 e. The number of fused-ring (bicyclic) bond motifs is 1. The molecule has 1 fully saturated rings. The van der Waals surface area contributed by atoms with Gasteiger partial charge in [-0.3, -0.25) is 19.7 Å². The number of halogens is 3. The van der Waals surface area contributed by atoms with Crippen molar-refractivity contribution in [1.82, 2.24) is 24.8 Å². The number of hydrogen-bond donors (Lipinski definition) is 3. The number of piperazine rings is 1. The van der Waals surface area contributed by atoms with E-state index in [1.807, 2.05) is 0 Å². The van der Waals surface area contributed by atoms with E-state index >= 15 is 0 Å². The minimum absolute atomic E-state index is 0.138. The van der Waals surface area contributed by atoms with Crippen molar-refractivity contribution in [2.24, 2.45) is 5.73 Å². The van der Waals surface area contributed by atoms with Gasteiger partial charge in [-0.25, -0.2) is 15.0 Å². The number of nitrogens with one attached hydrogen (secondary N) is 2. The van der Waals surface area contributed by atoms with Gasteiger partial charge >= 0.3 is 6.18 Å². The van der Waals surface area contributed by atoms with Crippen LogP contribution in [0, 0.1) is 0 Å². The first kappa shape index (κ1) is 25.6. The van der Waals surface area contributed by atoms with Gasteiger partial charge in [0.05, 0.1) is 16.6 Å². The van der Waals surface area contributed by atoms with Crippen LogP contribution >= 0.6 is 0 Å². The number of nitrogens with zero attached hydrogens (tertiary/aromatic N) is 5. The molecule has 0 radical (unpaired) electrons. The Labute approximate surface area is 218 Å². The molecule has 0 atom stereocenters. The maximum absolute atomic E-state index is 13.0. The van der Waals surface area contributed by atoms with Crippen LogP contribution in [0.5, 0.6) is 0 Å². The smallest absolute Gasteiger partial charge is 0.366 e. The number of carbonyl (C=O) groups excluding carboxylic acids is 3. The van der Waals surface area contributed by atoms with Crippen LogP contribution < -0.4 is 16.0 Å². The average Bonchev–Trinajstić information content (AvgIpc) is 3.35. The Morgan fingerprint density at radius 1 is 0.923 bits per heavy atom. The topological polar surface area (TPSA) is 150 Å². The summed E-state index contributed by atoms with van der Waals surface area (Å²) in [5.74, 6) is -1.05. The Morgan fingerprint density at radius 2 is 1.56 bits per heavy atom. The summed E-state index contributed by atoms with van der Waals surface area (Å²) in [6, 6.07) is 11.0. The van der Waals surface area contributed by atoms with E-state index in [1.54, 1.807) is 21.9 Å². The third-order valence-electron chi connectivity index (χ3n) is 6.22. The van der Waals surface area contributed by atoms with Gasteiger partial charge in [0.2, 0.25) is 11.9 Å². The fraction of sp³-hybridized carbons (Fsp3) is 0.200. The lowest BCUT2D eigenvalue weighted by Gasteiger charge is -2.34. The molecule has 4 N–H and O–H groups in total. The highest BCUT2D eigenvalue weighted by atomic mass is 19.4. The van der Waals surface area contributed by atoms with E-state index in [0.717, 1.165) is 12.4 Å². The molecule has 5 rings (SSSR count). The number of carbonyl (C=O) groups is 3. The number of hydrogen-bond acceptors (Lipinski definition) is 7. The predicted octanol–water partition coefficient (Wildman–Crippen LogP) is 2.69. The summed E-state index contributed by atoms with van der Waals surface area (Å²) in [6.45, 7) is 1.36. The number of aromatic nitrogens is 4. The Kier molecular flexibility index (Phi) is 6.60. The van der Waals surface area contributed by atoms with Crippen LogP contribution in [0.25, 0.3) is 11.0 Å². The second-order valence-electron chi connectivity index (χ2n) is 8.73. The average molecular weight is 538 g/mol. The van der Waals surface area contributed by atoms with Crippen molar-refractivity contribution in [3.8, 4) is 0 Å². The quantitative estimate of drug-likeness (QED) is 0.354. The molecule has 0 aliphatic carbocycles. The molecule has 2 aromatic heterocycles. The van der Waals surface area contributed by atoms with Gasteiger partial charge < -0.3 is 20.5 Å². The van der Waals surface area contributed by atoms with Crippen molar-refractivity contribution in [3.05, 3.63) is 77.1 Å². The predicted molar refractivity (Wildman–Crippen MR) is 134 cm³/mol. The van der Waals surface area contributed by atoms with Gasteiger partial charge in [-0.1, -0.05) is 6.07 Å². The molecule has 0 bridgehead atoms. The molecule has 200 valence electrons. The second-order valence-corrected chi connectivity index (χ2v) is 8.73. The Balaban J connectivity index is 1.19. The van der Waals surface area contributed by atoms with E-state index in [1.165, 1.54) is 30.3 Å². The van der Waals surface area contributed by atoms with E-state index in [9.17, 15) is 27.6 Å². The van der Waals surface area contributed by atoms with Crippen molar-refractivity contribution in [2.45, 2.75) is 6.18 Å². The van der Waals surface area contributed by atoms with E-state index in [0.29, 0.717) is 42.8 Å². The van der Waals surface area contributed by atoms with E-state index in [2.05, 4.69) is 25.3 Å². The standard InChI is InChI=1S/C25H21F3N8O3/c26-25(27,28)16-12-30-24(31-13-16)36-10-8-35(9-11-36)22(39)15-6-4-14(5-7-15)21(38)34-23-32-18-3-1-2-17(20(29)37)19(18)33-23/h1-7,12-13H,8-11H2,(H2,29,37)(H2,32,33,34,38). The summed E-state index contributed by atoms with van der Waals surface area (Å²) in [5, 5.41) is 2.63. The second kappa shape index (κ2) is 10.0. The van der Waals surface area contributed by atoms with Crippen LogP contribution in [0.3, 0.4) is 0 Å². The van der Waals surface area contributed by atoms with Crippen LogP contribution in [-0.4, -0.2) is 68.7 Å². The maximum atomic E-state index is 13.0. The minimum Gasteiger partial charge on any atom is -0.366 e. The van der Waals surface area contributed by atoms with Gasteiger partial charge in [0.25, 0.3) is 17.7 Å². The van der Waals surface area contributed by atoms with E-state index in [4.69, 9.17) is 5.73 Å². The van der Waals surface area contributed by atoms with Crippen LogP contribution in [0.4, 0.5) is 25.1 Å². The molecule has 3 heterocycles. The molecule has 39 heavy (non-hydrogen) atoms. The molecule has 14 heteroatoms. The van der Waals surface area contributed by atoms with Gasteiger partial charge in [-0.2, -0.15) is 13.2 Å². The molecular formula is C25H21F3N8O3. The number of alkyl halides is 3. The molecule has 4 aromatic rings. The molecular weight excluding hydrogens is 517 g/mol. The number of rotatable bonds is 5. The minimum atomic E-state index is -4.51. The van der Waals surface area contributed by atoms with Crippen molar-refractivity contribution >= 4 is 40.7 Å². The Morgan fingerprint density at radius 3 is 2.18 bits per heavy atom. The first-order valence-electron chi connectivity index (χ1n) is 11.7. The molecule has 3 amide bonds. The summed E-state index contributed by atoms with van der Waals surface area (Å²) in [4.78, 5) is 55.3. The number of nitrogens with two attached hydrogens (primary N) is 1. The van der Waals surface area contributed by atoms with Gasteiger partial charge in [0, 0.05) is 49.7 Å². The normalized spacial score (nSPS) is 13.9. The first-order valence-corrected chi connectivity index (χ1v) is 11.7. The largest absolute Gasteiger partial charge is 0.419 e. The summed E-state index contributed by atoms with van der Waals surface area (Å²) < 4.78 is 38.2. The number of H-pyrrole nitrogens is 1. The van der Waals surface area contributed by atoms with E-state index < -0.39 is 23.6 Å². The number of benzene rings is 2. The number of imidazole rings is 1. The van der Waals surface area contributed by atoms with Crippen LogP contribution in [0.15, 0.2) is 54.9 Å². The number of anilines is 2. The van der Waals surface area contributed by atoms with Gasteiger partial charge in [-0.15, -0.1) is 0 Å². The van der Waals surface area contributed by atoms with E-state index in [-0.39, 0.29) is 28.9 Å². The fourth-order valence-electron chi connectivity index (χ4n) is 4.16. The highest BCUT2D eigenvalue weighted by Gasteiger charge is 2.32. The van der Waals surface area contributed by atoms with Crippen molar-refractivity contribution in [2.75, 3.05) is 36.4 Å². The molecule has 1 saturated heterocycles. The van der Waals surface area contributed by atoms with Crippen LogP contribution in [-0.2, 0) is 6.18 Å². The lowest BCUT2D eigenvalue weighted by Crippen LogP contribution is -2.49. The Bertz CT molecular complexity index is 1540. The Hall–Kier alpha value is -5.01. The number of primary amides is 1. The molecule has 0 saturated carbocycles. The summed E-state index contributed by atoms with van der Waals surface area (Å²) in [6.07, 6.45) is -3.03. The molecule has 11 nitrogen and oxygen atoms in total. The van der Waals surface area contributed by atoms with Crippen molar-refractivity contribution in [3.63, 3.8) is 0 Å². The third-order valence-corrected chi connectivity index (χ3v) is 6.22. The summed E-state index contributed by atoms with van der Waals surface area (Å²) >= 11 is 0. The van der Waals surface area contributed by atoms with Gasteiger partial charge in [-0.05, 0) is 36.4 Å². The molecule has 0 unspecified atom stereocenters. The number of aromatic amines is 1. The first-order chi connectivity index (χ1) is 18.6. The monoisotopic (exact) mass is 538 g/mol. The van der Waals surface area contributed by atoms with Crippen molar-refractivity contribution in [1.29, 1.82) is 0 Å². The molecule has 1 aliphatic rings. The highest BCUT2D eigenvalue weighted by molar-refractivity contribution is 6.07. The zero-order valence-corrected chi connectivity index (χ0v) is 20.2. The van der Waals surface area contributed by atoms with Gasteiger partial charge in [0.1, 0.15) is 5.52 Å². The summed E-state index contributed by atoms with van der Waals surface area (Å²) in [7, 11) is 0. The highest BCUT2D eigenvalue weighted by Crippen LogP contribution is 2.28. The zero-order chi connectivity index (χ0) is 27.7.